The van der Waals surface area contributed by atoms with Gasteiger partial charge in [0, 0.05) is 6.42 Å². The van der Waals surface area contributed by atoms with Crippen LogP contribution in [0.25, 0.3) is 10.8 Å². The second-order valence-corrected chi connectivity index (χ2v) is 4.25. The summed E-state index contributed by atoms with van der Waals surface area (Å²) in [7, 11) is 0. The van der Waals surface area contributed by atoms with E-state index in [0.717, 1.165) is 43.3 Å². The average molecular weight is 229 g/mol. The number of hydrogen-bond donors (Lipinski definition) is 0. The number of benzene rings is 1. The van der Waals surface area contributed by atoms with Gasteiger partial charge in [-0.25, -0.2) is 4.79 Å². The molecule has 2 nitrogen and oxygen atoms in total. The van der Waals surface area contributed by atoms with Crippen molar-refractivity contribution in [1.29, 1.82) is 0 Å². The van der Waals surface area contributed by atoms with Crippen LogP contribution in [0.3, 0.4) is 0 Å². The van der Waals surface area contributed by atoms with Crippen molar-refractivity contribution in [2.45, 2.75) is 32.1 Å². The number of unbranched alkanes of at least 4 members (excludes halogenated alkanes) is 3. The van der Waals surface area contributed by atoms with Crippen LogP contribution in [0, 0.1) is 6.92 Å². The molecule has 2 aromatic rings. The van der Waals surface area contributed by atoms with Crippen molar-refractivity contribution in [2.75, 3.05) is 0 Å². The zero-order valence-corrected chi connectivity index (χ0v) is 9.95. The standard InChI is InChI=1S/C15H17O2/c1-2-3-4-5-9-13-11-12-8-6-7-10-14(12)15(16)17-13/h6-8,10-11H,1-5,9H2. The van der Waals surface area contributed by atoms with E-state index in [2.05, 4.69) is 6.92 Å². The molecule has 1 radical (unpaired) electrons. The first-order chi connectivity index (χ1) is 8.31. The lowest BCUT2D eigenvalue weighted by Gasteiger charge is -2.02. The average Bonchev–Trinajstić information content (AvgIpc) is 2.35. The van der Waals surface area contributed by atoms with Gasteiger partial charge in [-0.3, -0.25) is 0 Å². The van der Waals surface area contributed by atoms with Gasteiger partial charge in [0.15, 0.2) is 0 Å². The molecule has 0 spiro atoms. The summed E-state index contributed by atoms with van der Waals surface area (Å²) in [6.45, 7) is 3.81. The molecule has 0 aliphatic rings. The van der Waals surface area contributed by atoms with Gasteiger partial charge in [-0.15, -0.1) is 0 Å². The van der Waals surface area contributed by atoms with Crippen molar-refractivity contribution in [3.63, 3.8) is 0 Å². The molecule has 17 heavy (non-hydrogen) atoms. The maximum absolute atomic E-state index is 11.7. The second kappa shape index (κ2) is 5.67. The summed E-state index contributed by atoms with van der Waals surface area (Å²) in [5.41, 5.74) is -0.227. The highest BCUT2D eigenvalue weighted by atomic mass is 16.4. The van der Waals surface area contributed by atoms with Crippen LogP contribution in [0.2, 0.25) is 0 Å². The highest BCUT2D eigenvalue weighted by molar-refractivity contribution is 5.81. The summed E-state index contributed by atoms with van der Waals surface area (Å²) < 4.78 is 5.30. The van der Waals surface area contributed by atoms with Crippen molar-refractivity contribution in [2.24, 2.45) is 0 Å². The fraction of sp³-hybridized carbons (Fsp3) is 0.333. The molecule has 0 bridgehead atoms. The van der Waals surface area contributed by atoms with E-state index in [1.165, 1.54) is 0 Å². The van der Waals surface area contributed by atoms with Gasteiger partial charge in [0.25, 0.3) is 0 Å². The van der Waals surface area contributed by atoms with E-state index in [0.29, 0.717) is 5.39 Å². The van der Waals surface area contributed by atoms with Gasteiger partial charge in [-0.1, -0.05) is 44.4 Å². The minimum atomic E-state index is -0.227. The van der Waals surface area contributed by atoms with Gasteiger partial charge in [0.1, 0.15) is 5.76 Å². The molecule has 0 saturated heterocycles. The lowest BCUT2D eigenvalue weighted by Crippen LogP contribution is -2.02. The second-order valence-electron chi connectivity index (χ2n) is 4.25. The minimum Gasteiger partial charge on any atom is -0.427 e. The number of aryl methyl sites for hydroxylation is 1. The number of fused-ring (bicyclic) bond motifs is 1. The van der Waals surface area contributed by atoms with E-state index < -0.39 is 0 Å². The number of rotatable bonds is 5. The fourth-order valence-electron chi connectivity index (χ4n) is 1.96. The molecule has 2 heteroatoms. The van der Waals surface area contributed by atoms with Crippen LogP contribution < -0.4 is 5.63 Å². The zero-order chi connectivity index (χ0) is 12.1. The monoisotopic (exact) mass is 229 g/mol. The molecule has 0 atom stereocenters. The fourth-order valence-corrected chi connectivity index (χ4v) is 1.96. The van der Waals surface area contributed by atoms with Gasteiger partial charge in [-0.05, 0) is 23.9 Å². The summed E-state index contributed by atoms with van der Waals surface area (Å²) in [5.74, 6) is 0.790. The Bertz CT molecular complexity index is 540. The Morgan fingerprint density at radius 3 is 2.76 bits per heavy atom. The molecular formula is C15H17O2. The Labute approximate surface area is 101 Å². The molecule has 1 aromatic carbocycles. The molecule has 0 saturated carbocycles. The van der Waals surface area contributed by atoms with E-state index in [1.807, 2.05) is 24.3 Å². The van der Waals surface area contributed by atoms with E-state index in [-0.39, 0.29) is 5.63 Å². The van der Waals surface area contributed by atoms with E-state index >= 15 is 0 Å². The lowest BCUT2D eigenvalue weighted by atomic mass is 10.1. The quantitative estimate of drug-likeness (QED) is 0.731. The zero-order valence-electron chi connectivity index (χ0n) is 9.95. The molecule has 0 amide bonds. The summed E-state index contributed by atoms with van der Waals surface area (Å²) >= 11 is 0. The highest BCUT2D eigenvalue weighted by Gasteiger charge is 2.03. The third-order valence-corrected chi connectivity index (χ3v) is 2.89. The SMILES string of the molecule is [CH2]CCCCCc1cc2ccccc2c(=O)o1. The van der Waals surface area contributed by atoms with Crippen LogP contribution in [0.5, 0.6) is 0 Å². The van der Waals surface area contributed by atoms with E-state index in [4.69, 9.17) is 4.42 Å². The molecule has 0 N–H and O–H groups in total. The first-order valence-electron chi connectivity index (χ1n) is 6.12. The van der Waals surface area contributed by atoms with Crippen LogP contribution in [0.15, 0.2) is 39.5 Å². The Morgan fingerprint density at radius 2 is 1.94 bits per heavy atom. The van der Waals surface area contributed by atoms with Crippen molar-refractivity contribution in [3.05, 3.63) is 53.4 Å². The predicted molar refractivity (Wildman–Crippen MR) is 70.0 cm³/mol. The summed E-state index contributed by atoms with van der Waals surface area (Å²) in [6.07, 6.45) is 5.14. The maximum atomic E-state index is 11.7. The third-order valence-electron chi connectivity index (χ3n) is 2.89. The first-order valence-corrected chi connectivity index (χ1v) is 6.12. The van der Waals surface area contributed by atoms with Crippen molar-refractivity contribution in [3.8, 4) is 0 Å². The molecule has 2 rings (SSSR count). The van der Waals surface area contributed by atoms with Crippen LogP contribution in [-0.2, 0) is 6.42 Å². The van der Waals surface area contributed by atoms with Crippen LogP contribution in [-0.4, -0.2) is 0 Å². The normalized spacial score (nSPS) is 10.9. The Kier molecular flexibility index (Phi) is 3.97. The van der Waals surface area contributed by atoms with Crippen LogP contribution in [0.1, 0.15) is 31.4 Å². The van der Waals surface area contributed by atoms with Crippen molar-refractivity contribution in [1.82, 2.24) is 0 Å². The Morgan fingerprint density at radius 1 is 1.12 bits per heavy atom. The van der Waals surface area contributed by atoms with Crippen molar-refractivity contribution < 1.29 is 4.42 Å². The van der Waals surface area contributed by atoms with Gasteiger partial charge < -0.3 is 4.42 Å². The van der Waals surface area contributed by atoms with Gasteiger partial charge in [0.2, 0.25) is 0 Å². The molecule has 0 unspecified atom stereocenters. The molecule has 0 aliphatic carbocycles. The Hall–Kier alpha value is -1.57. The van der Waals surface area contributed by atoms with Gasteiger partial charge in [0.05, 0.1) is 5.39 Å². The molecule has 89 valence electrons. The van der Waals surface area contributed by atoms with Gasteiger partial charge >= 0.3 is 5.63 Å². The molecule has 1 heterocycles. The summed E-state index contributed by atoms with van der Waals surface area (Å²) in [6, 6.07) is 9.52. The lowest BCUT2D eigenvalue weighted by molar-refractivity contribution is 0.457. The number of hydrogen-bond acceptors (Lipinski definition) is 2. The van der Waals surface area contributed by atoms with Crippen LogP contribution in [0.4, 0.5) is 0 Å². The third kappa shape index (κ3) is 2.96. The first kappa shape index (κ1) is 11.9. The maximum Gasteiger partial charge on any atom is 0.343 e. The molecule has 0 fully saturated rings. The summed E-state index contributed by atoms with van der Waals surface area (Å²) in [5, 5.41) is 1.63. The van der Waals surface area contributed by atoms with Gasteiger partial charge in [-0.2, -0.15) is 0 Å². The molecular weight excluding hydrogens is 212 g/mol. The predicted octanol–water partition coefficient (Wildman–Crippen LogP) is 3.73. The van der Waals surface area contributed by atoms with E-state index in [9.17, 15) is 4.79 Å². The topological polar surface area (TPSA) is 30.2 Å². The van der Waals surface area contributed by atoms with Crippen molar-refractivity contribution >= 4 is 10.8 Å². The largest absolute Gasteiger partial charge is 0.427 e. The molecule has 0 aliphatic heterocycles. The smallest absolute Gasteiger partial charge is 0.343 e. The molecule has 1 aromatic heterocycles. The Balaban J connectivity index is 2.16. The highest BCUT2D eigenvalue weighted by Crippen LogP contribution is 2.13. The van der Waals surface area contributed by atoms with E-state index in [1.54, 1.807) is 6.07 Å². The minimum absolute atomic E-state index is 0.227. The summed E-state index contributed by atoms with van der Waals surface area (Å²) in [4.78, 5) is 11.7. The van der Waals surface area contributed by atoms with Crippen LogP contribution >= 0.6 is 0 Å².